The lowest BCUT2D eigenvalue weighted by molar-refractivity contribution is -0.143. The molecule has 38 heavy (non-hydrogen) atoms. The van der Waals surface area contributed by atoms with Crippen LogP contribution in [0.25, 0.3) is 0 Å². The molecule has 202 valence electrons. The second-order valence-corrected chi connectivity index (χ2v) is 9.01. The predicted molar refractivity (Wildman–Crippen MR) is 108 cm³/mol. The molecule has 3 aliphatic rings. The molecule has 2 saturated heterocycles. The predicted octanol–water partition coefficient (Wildman–Crippen LogP) is 3.71. The summed E-state index contributed by atoms with van der Waals surface area (Å²) in [6.07, 6.45) is -10.1. The van der Waals surface area contributed by atoms with E-state index >= 15 is 0 Å². The molecule has 1 aromatic carbocycles. The van der Waals surface area contributed by atoms with Crippen LogP contribution < -0.4 is 5.32 Å². The van der Waals surface area contributed by atoms with E-state index in [-0.39, 0.29) is 25.7 Å². The van der Waals surface area contributed by atoms with Crippen molar-refractivity contribution < 1.29 is 54.0 Å². The minimum atomic E-state index is -5.15. The average Bonchev–Trinajstić information content (AvgIpc) is 3.35. The van der Waals surface area contributed by atoms with Crippen LogP contribution in [0, 0.1) is 35.3 Å². The number of nitrogens with zero attached hydrogens (tertiary/aromatic N) is 2. The summed E-state index contributed by atoms with van der Waals surface area (Å²) in [6.45, 7) is -0.0417. The van der Waals surface area contributed by atoms with Crippen LogP contribution in [0.3, 0.4) is 0 Å². The Labute approximate surface area is 208 Å². The number of ether oxygens (including phenoxy) is 1. The van der Waals surface area contributed by atoms with Gasteiger partial charge in [-0.1, -0.05) is 17.0 Å². The summed E-state index contributed by atoms with van der Waals surface area (Å²) in [4.78, 5) is 27.2. The van der Waals surface area contributed by atoms with Crippen molar-refractivity contribution >= 4 is 11.8 Å². The van der Waals surface area contributed by atoms with Crippen molar-refractivity contribution in [2.45, 2.75) is 36.9 Å². The van der Waals surface area contributed by atoms with Crippen molar-refractivity contribution in [1.29, 1.82) is 0 Å². The van der Waals surface area contributed by atoms with Crippen LogP contribution in [0.15, 0.2) is 22.7 Å². The minimum Gasteiger partial charge on any atom is -0.381 e. The molecule has 2 fully saturated rings. The number of amides is 2. The first-order valence-corrected chi connectivity index (χ1v) is 11.1. The van der Waals surface area contributed by atoms with Gasteiger partial charge in [-0.2, -0.15) is 26.3 Å². The number of benzene rings is 1. The Morgan fingerprint density at radius 3 is 2.26 bits per heavy atom. The molecule has 15 heteroatoms. The SMILES string of the molecule is O=C(N[C@@H](c1cc(F)c(C(F)(F)F)cc1F)C1COC1)[C@H]1C[C@H]2C#C[C@H]2N1C(=O)c1cc(C(F)(F)F)no1. The lowest BCUT2D eigenvalue weighted by atomic mass is 9.89. The van der Waals surface area contributed by atoms with Crippen molar-refractivity contribution in [3.05, 3.63) is 52.4 Å². The molecule has 0 unspecified atom stereocenters. The summed E-state index contributed by atoms with van der Waals surface area (Å²) in [5.41, 5.74) is -3.83. The van der Waals surface area contributed by atoms with Gasteiger partial charge in [-0.05, 0) is 18.6 Å². The van der Waals surface area contributed by atoms with E-state index in [1.807, 2.05) is 0 Å². The lowest BCUT2D eigenvalue weighted by Crippen LogP contribution is -2.52. The van der Waals surface area contributed by atoms with Gasteiger partial charge in [0.05, 0.1) is 30.7 Å². The monoisotopic (exact) mass is 549 g/mol. The Morgan fingerprint density at radius 1 is 1.03 bits per heavy atom. The summed E-state index contributed by atoms with van der Waals surface area (Å²) in [6, 6.07) is -2.74. The van der Waals surface area contributed by atoms with Gasteiger partial charge in [0.25, 0.3) is 5.91 Å². The number of hydrogen-bond acceptors (Lipinski definition) is 5. The summed E-state index contributed by atoms with van der Waals surface area (Å²) >= 11 is 0. The van der Waals surface area contributed by atoms with Crippen LogP contribution in [-0.2, 0) is 21.9 Å². The zero-order valence-electron chi connectivity index (χ0n) is 18.8. The third-order valence-corrected chi connectivity index (χ3v) is 6.62. The van der Waals surface area contributed by atoms with Crippen LogP contribution in [-0.4, -0.2) is 47.2 Å². The molecule has 7 nitrogen and oxygen atoms in total. The van der Waals surface area contributed by atoms with E-state index in [0.717, 1.165) is 4.90 Å². The third-order valence-electron chi connectivity index (χ3n) is 6.62. The number of fused-ring (bicyclic) bond motifs is 1. The Balaban J connectivity index is 1.42. The molecule has 1 aromatic heterocycles. The maximum Gasteiger partial charge on any atom is 0.436 e. The Morgan fingerprint density at radius 2 is 1.74 bits per heavy atom. The second kappa shape index (κ2) is 8.97. The molecule has 1 aliphatic carbocycles. The highest BCUT2D eigenvalue weighted by Gasteiger charge is 2.51. The Bertz CT molecular complexity index is 1360. The molecule has 2 amide bonds. The topological polar surface area (TPSA) is 84.7 Å². The first kappa shape index (κ1) is 26.0. The van der Waals surface area contributed by atoms with E-state index in [1.165, 1.54) is 0 Å². The van der Waals surface area contributed by atoms with Gasteiger partial charge in [0.2, 0.25) is 11.7 Å². The smallest absolute Gasteiger partial charge is 0.381 e. The summed E-state index contributed by atoms with van der Waals surface area (Å²) in [7, 11) is 0. The van der Waals surface area contributed by atoms with Crippen LogP contribution in [0.5, 0.6) is 0 Å². The van der Waals surface area contributed by atoms with Gasteiger partial charge < -0.3 is 19.5 Å². The summed E-state index contributed by atoms with van der Waals surface area (Å²) in [5.74, 6) is -1.67. The van der Waals surface area contributed by atoms with E-state index in [2.05, 4.69) is 26.8 Å². The van der Waals surface area contributed by atoms with E-state index < -0.39 is 88.3 Å². The van der Waals surface area contributed by atoms with Gasteiger partial charge >= 0.3 is 12.4 Å². The molecule has 0 bridgehead atoms. The maximum atomic E-state index is 14.8. The number of halogens is 8. The Hall–Kier alpha value is -3.67. The standard InChI is InChI=1S/C23H15F8N3O4/c24-13-5-12(22(26,27)28)14(25)4-11(13)19(10-7-37-8-10)32-20(35)16-3-9-1-2-15(9)34(16)21(36)17-6-18(33-38-17)23(29,30)31/h4-6,9-10,15-16,19H,3,7-8H2,(H,32,35)/t9-,15-,16-,19-/m1/s1. The highest BCUT2D eigenvalue weighted by atomic mass is 19.4. The highest BCUT2D eigenvalue weighted by molar-refractivity contribution is 5.97. The number of aromatic nitrogens is 1. The minimum absolute atomic E-state index is 0.00897. The van der Waals surface area contributed by atoms with E-state index in [4.69, 9.17) is 4.74 Å². The average molecular weight is 549 g/mol. The van der Waals surface area contributed by atoms with Gasteiger partial charge in [0.1, 0.15) is 23.7 Å². The fraction of sp³-hybridized carbons (Fsp3) is 0.435. The van der Waals surface area contributed by atoms with Crippen LogP contribution >= 0.6 is 0 Å². The highest BCUT2D eigenvalue weighted by Crippen LogP contribution is 2.39. The van der Waals surface area contributed by atoms with Crippen LogP contribution in [0.4, 0.5) is 35.1 Å². The molecule has 4 atom stereocenters. The zero-order chi connectivity index (χ0) is 27.6. The summed E-state index contributed by atoms with van der Waals surface area (Å²) < 4.78 is 116. The van der Waals surface area contributed by atoms with E-state index in [1.54, 1.807) is 0 Å². The van der Waals surface area contributed by atoms with Gasteiger partial charge in [0, 0.05) is 17.5 Å². The van der Waals surface area contributed by atoms with Gasteiger partial charge in [-0.25, -0.2) is 8.78 Å². The maximum absolute atomic E-state index is 14.8. The molecule has 2 aliphatic heterocycles. The first-order chi connectivity index (χ1) is 17.8. The number of alkyl halides is 6. The quantitative estimate of drug-likeness (QED) is 0.454. The normalized spacial score (nSPS) is 23.6. The molecular weight excluding hydrogens is 534 g/mol. The molecule has 0 radical (unpaired) electrons. The van der Waals surface area contributed by atoms with Crippen molar-refractivity contribution in [2.75, 3.05) is 13.2 Å². The van der Waals surface area contributed by atoms with Crippen molar-refractivity contribution in [3.8, 4) is 11.8 Å². The fourth-order valence-electron chi connectivity index (χ4n) is 4.58. The number of hydrogen-bond donors (Lipinski definition) is 1. The van der Waals surface area contributed by atoms with Gasteiger partial charge in [0.15, 0.2) is 5.69 Å². The van der Waals surface area contributed by atoms with Gasteiger partial charge in [-0.3, -0.25) is 9.59 Å². The molecule has 0 saturated carbocycles. The fourth-order valence-corrected chi connectivity index (χ4v) is 4.58. The molecule has 5 rings (SSSR count). The zero-order valence-corrected chi connectivity index (χ0v) is 18.8. The number of rotatable bonds is 5. The largest absolute Gasteiger partial charge is 0.436 e. The van der Waals surface area contributed by atoms with Crippen LogP contribution in [0.1, 0.15) is 39.8 Å². The second-order valence-electron chi connectivity index (χ2n) is 9.01. The summed E-state index contributed by atoms with van der Waals surface area (Å²) in [5, 5.41) is 5.28. The van der Waals surface area contributed by atoms with Crippen molar-refractivity contribution in [3.63, 3.8) is 0 Å². The molecule has 3 heterocycles. The number of carbonyl (C=O) groups excluding carboxylic acids is 2. The first-order valence-electron chi connectivity index (χ1n) is 11.1. The van der Waals surface area contributed by atoms with Crippen molar-refractivity contribution in [2.24, 2.45) is 11.8 Å². The molecule has 1 N–H and O–H groups in total. The van der Waals surface area contributed by atoms with E-state index in [0.29, 0.717) is 12.1 Å². The number of likely N-dealkylation sites (tertiary alicyclic amines) is 1. The van der Waals surface area contributed by atoms with Crippen LogP contribution in [0.2, 0.25) is 0 Å². The number of carbonyl (C=O) groups is 2. The number of nitrogens with one attached hydrogen (secondary N) is 1. The van der Waals surface area contributed by atoms with Gasteiger partial charge in [-0.15, -0.1) is 0 Å². The van der Waals surface area contributed by atoms with Crippen molar-refractivity contribution in [1.82, 2.24) is 15.4 Å². The molecular formula is C23H15F8N3O4. The molecule has 0 spiro atoms. The molecule has 2 aromatic rings. The van der Waals surface area contributed by atoms with E-state index in [9.17, 15) is 44.7 Å². The third kappa shape index (κ3) is 4.46. The lowest BCUT2D eigenvalue weighted by Gasteiger charge is -2.36. The Kier molecular flexibility index (Phi) is 6.13.